The summed E-state index contributed by atoms with van der Waals surface area (Å²) < 4.78 is 5.11. The number of benzene rings is 1. The number of carbonyl (C=O) groups excluding carboxylic acids is 1. The number of halogens is 2. The highest BCUT2D eigenvalue weighted by Gasteiger charge is 2.09. The van der Waals surface area contributed by atoms with Crippen LogP contribution in [0.1, 0.15) is 5.56 Å². The SMILES string of the molecule is COc1cc(Cl)c(C)cc1NC(=O)CBr. The molecular weight excluding hydrogens is 281 g/mol. The number of anilines is 1. The second-order valence-electron chi connectivity index (χ2n) is 2.98. The smallest absolute Gasteiger partial charge is 0.235 e. The Morgan fingerprint density at radius 3 is 2.80 bits per heavy atom. The molecule has 5 heteroatoms. The lowest BCUT2D eigenvalue weighted by Crippen LogP contribution is -2.13. The van der Waals surface area contributed by atoms with Gasteiger partial charge in [0, 0.05) is 11.1 Å². The van der Waals surface area contributed by atoms with E-state index in [4.69, 9.17) is 16.3 Å². The van der Waals surface area contributed by atoms with Crippen molar-refractivity contribution in [2.45, 2.75) is 6.92 Å². The van der Waals surface area contributed by atoms with E-state index < -0.39 is 0 Å². The molecule has 0 bridgehead atoms. The lowest BCUT2D eigenvalue weighted by Gasteiger charge is -2.11. The summed E-state index contributed by atoms with van der Waals surface area (Å²) in [5.74, 6) is 0.426. The van der Waals surface area contributed by atoms with E-state index in [0.717, 1.165) is 5.56 Å². The van der Waals surface area contributed by atoms with E-state index in [1.165, 1.54) is 7.11 Å². The molecular formula is C10H11BrClNO2. The lowest BCUT2D eigenvalue weighted by molar-refractivity contribution is -0.113. The van der Waals surface area contributed by atoms with Gasteiger partial charge >= 0.3 is 0 Å². The van der Waals surface area contributed by atoms with E-state index >= 15 is 0 Å². The minimum atomic E-state index is -0.130. The van der Waals surface area contributed by atoms with Crippen molar-refractivity contribution < 1.29 is 9.53 Å². The largest absolute Gasteiger partial charge is 0.495 e. The standard InChI is InChI=1S/C10H11BrClNO2/c1-6-3-8(13-10(14)5-11)9(15-2)4-7(6)12/h3-4H,5H2,1-2H3,(H,13,14). The van der Waals surface area contributed by atoms with Crippen LogP contribution in [0, 0.1) is 6.92 Å². The van der Waals surface area contributed by atoms with Crippen molar-refractivity contribution in [3.05, 3.63) is 22.7 Å². The molecule has 0 aliphatic heterocycles. The summed E-state index contributed by atoms with van der Waals surface area (Å²) >= 11 is 9.01. The Kier molecular flexibility index (Phi) is 4.42. The average molecular weight is 293 g/mol. The number of methoxy groups -OCH3 is 1. The van der Waals surface area contributed by atoms with Crippen LogP contribution in [0.25, 0.3) is 0 Å². The number of hydrogen-bond acceptors (Lipinski definition) is 2. The van der Waals surface area contributed by atoms with Crippen molar-refractivity contribution >= 4 is 39.1 Å². The van der Waals surface area contributed by atoms with E-state index in [1.807, 2.05) is 6.92 Å². The zero-order valence-electron chi connectivity index (χ0n) is 8.43. The van der Waals surface area contributed by atoms with Crippen LogP contribution in [-0.4, -0.2) is 18.3 Å². The van der Waals surface area contributed by atoms with Crippen LogP contribution < -0.4 is 10.1 Å². The summed E-state index contributed by atoms with van der Waals surface area (Å²) in [6.07, 6.45) is 0. The quantitative estimate of drug-likeness (QED) is 0.870. The molecule has 1 N–H and O–H groups in total. The summed E-state index contributed by atoms with van der Waals surface area (Å²) in [4.78, 5) is 11.2. The minimum Gasteiger partial charge on any atom is -0.495 e. The Balaban J connectivity index is 3.05. The third kappa shape index (κ3) is 3.11. The molecule has 0 fully saturated rings. The highest BCUT2D eigenvalue weighted by atomic mass is 79.9. The first-order chi connectivity index (χ1) is 7.08. The first kappa shape index (κ1) is 12.3. The minimum absolute atomic E-state index is 0.130. The van der Waals surface area contributed by atoms with E-state index in [-0.39, 0.29) is 11.2 Å². The molecule has 0 saturated carbocycles. The molecule has 0 unspecified atom stereocenters. The summed E-state index contributed by atoms with van der Waals surface area (Å²) in [5.41, 5.74) is 1.52. The van der Waals surface area contributed by atoms with Crippen LogP contribution in [0.4, 0.5) is 5.69 Å². The number of amides is 1. The third-order valence-electron chi connectivity index (χ3n) is 1.88. The van der Waals surface area contributed by atoms with Gasteiger partial charge in [0.1, 0.15) is 5.75 Å². The first-order valence-corrected chi connectivity index (χ1v) is 5.78. The van der Waals surface area contributed by atoms with E-state index in [2.05, 4.69) is 21.2 Å². The second kappa shape index (κ2) is 5.37. The zero-order valence-corrected chi connectivity index (χ0v) is 10.8. The number of carbonyl (C=O) groups is 1. The molecule has 1 aromatic rings. The summed E-state index contributed by atoms with van der Waals surface area (Å²) in [6.45, 7) is 1.87. The van der Waals surface area contributed by atoms with Gasteiger partial charge in [-0.1, -0.05) is 27.5 Å². The van der Waals surface area contributed by atoms with Crippen LogP contribution in [0.2, 0.25) is 5.02 Å². The summed E-state index contributed by atoms with van der Waals surface area (Å²) in [7, 11) is 1.53. The fourth-order valence-corrected chi connectivity index (χ4v) is 1.41. The van der Waals surface area contributed by atoms with Crippen molar-refractivity contribution in [2.24, 2.45) is 0 Å². The molecule has 0 atom stereocenters. The fourth-order valence-electron chi connectivity index (χ4n) is 1.11. The van der Waals surface area contributed by atoms with Gasteiger partial charge in [0.15, 0.2) is 0 Å². The molecule has 0 heterocycles. The molecule has 1 rings (SSSR count). The van der Waals surface area contributed by atoms with Gasteiger partial charge in [-0.2, -0.15) is 0 Å². The molecule has 0 saturated heterocycles. The van der Waals surface area contributed by atoms with Crippen molar-refractivity contribution in [2.75, 3.05) is 17.8 Å². The molecule has 82 valence electrons. The normalized spacial score (nSPS) is 9.87. The van der Waals surface area contributed by atoms with Crippen molar-refractivity contribution in [3.8, 4) is 5.75 Å². The van der Waals surface area contributed by atoms with Crippen LogP contribution >= 0.6 is 27.5 Å². The highest BCUT2D eigenvalue weighted by Crippen LogP contribution is 2.30. The molecule has 15 heavy (non-hydrogen) atoms. The number of nitrogens with one attached hydrogen (secondary N) is 1. The Morgan fingerprint density at radius 1 is 1.60 bits per heavy atom. The summed E-state index contributed by atoms with van der Waals surface area (Å²) in [5, 5.41) is 3.57. The summed E-state index contributed by atoms with van der Waals surface area (Å²) in [6, 6.07) is 3.46. The molecule has 0 aliphatic rings. The Bertz CT molecular complexity index is 382. The maximum absolute atomic E-state index is 11.2. The van der Waals surface area contributed by atoms with Gasteiger partial charge in [0.05, 0.1) is 18.1 Å². The number of ether oxygens (including phenoxy) is 1. The molecule has 3 nitrogen and oxygen atoms in total. The van der Waals surface area contributed by atoms with Gasteiger partial charge in [0.25, 0.3) is 0 Å². The van der Waals surface area contributed by atoms with Crippen LogP contribution in [-0.2, 0) is 4.79 Å². The topological polar surface area (TPSA) is 38.3 Å². The van der Waals surface area contributed by atoms with Crippen molar-refractivity contribution in [1.82, 2.24) is 0 Å². The van der Waals surface area contributed by atoms with Crippen molar-refractivity contribution in [3.63, 3.8) is 0 Å². The average Bonchev–Trinajstić information content (AvgIpc) is 2.22. The van der Waals surface area contributed by atoms with E-state index in [0.29, 0.717) is 16.5 Å². The van der Waals surface area contributed by atoms with Gasteiger partial charge in [-0.25, -0.2) is 0 Å². The van der Waals surface area contributed by atoms with Gasteiger partial charge in [0.2, 0.25) is 5.91 Å². The number of hydrogen-bond donors (Lipinski definition) is 1. The molecule has 0 radical (unpaired) electrons. The molecule has 1 aromatic carbocycles. The van der Waals surface area contributed by atoms with E-state index in [1.54, 1.807) is 12.1 Å². The zero-order chi connectivity index (χ0) is 11.4. The number of alkyl halides is 1. The second-order valence-corrected chi connectivity index (χ2v) is 3.95. The fraction of sp³-hybridized carbons (Fsp3) is 0.300. The van der Waals surface area contributed by atoms with Crippen LogP contribution in [0.3, 0.4) is 0 Å². The first-order valence-electron chi connectivity index (χ1n) is 4.28. The molecule has 0 aliphatic carbocycles. The predicted octanol–water partition coefficient (Wildman–Crippen LogP) is 2.99. The Labute approximate surface area is 102 Å². The highest BCUT2D eigenvalue weighted by molar-refractivity contribution is 9.09. The molecule has 1 amide bonds. The van der Waals surface area contributed by atoms with Gasteiger partial charge < -0.3 is 10.1 Å². The maximum atomic E-state index is 11.2. The number of rotatable bonds is 3. The molecule has 0 aromatic heterocycles. The molecule has 0 spiro atoms. The van der Waals surface area contributed by atoms with Gasteiger partial charge in [-0.15, -0.1) is 0 Å². The van der Waals surface area contributed by atoms with Crippen LogP contribution in [0.15, 0.2) is 12.1 Å². The predicted molar refractivity (Wildman–Crippen MR) is 65.2 cm³/mol. The number of aryl methyl sites for hydroxylation is 1. The van der Waals surface area contributed by atoms with Gasteiger partial charge in [-0.3, -0.25) is 4.79 Å². The van der Waals surface area contributed by atoms with Gasteiger partial charge in [-0.05, 0) is 18.6 Å². The van der Waals surface area contributed by atoms with E-state index in [9.17, 15) is 4.79 Å². The van der Waals surface area contributed by atoms with Crippen molar-refractivity contribution in [1.29, 1.82) is 0 Å². The Hall–Kier alpha value is -0.740. The van der Waals surface area contributed by atoms with Crippen LogP contribution in [0.5, 0.6) is 5.75 Å². The Morgan fingerprint density at radius 2 is 2.27 bits per heavy atom. The monoisotopic (exact) mass is 291 g/mol. The lowest BCUT2D eigenvalue weighted by atomic mass is 10.2. The maximum Gasteiger partial charge on any atom is 0.235 e. The third-order valence-corrected chi connectivity index (χ3v) is 2.79.